The first-order valence-corrected chi connectivity index (χ1v) is 12.1. The first-order valence-electron chi connectivity index (χ1n) is 11.7. The maximum absolute atomic E-state index is 15.0. The molecule has 186 valence electrons. The van der Waals surface area contributed by atoms with Gasteiger partial charge in [0.05, 0.1) is 29.5 Å². The van der Waals surface area contributed by atoms with Crippen LogP contribution in [0.15, 0.2) is 48.5 Å². The van der Waals surface area contributed by atoms with Crippen molar-refractivity contribution in [3.8, 4) is 5.75 Å². The van der Waals surface area contributed by atoms with Crippen LogP contribution in [0.4, 0.5) is 20.6 Å². The highest BCUT2D eigenvalue weighted by Gasteiger charge is 2.33. The van der Waals surface area contributed by atoms with Gasteiger partial charge in [0.2, 0.25) is 0 Å². The number of amides is 2. The van der Waals surface area contributed by atoms with E-state index >= 15 is 4.39 Å². The van der Waals surface area contributed by atoms with Crippen molar-refractivity contribution in [2.75, 3.05) is 55.7 Å². The number of halogens is 1. The molecule has 2 amide bonds. The Morgan fingerprint density at radius 3 is 2.60 bits per heavy atom. The second-order valence-electron chi connectivity index (χ2n) is 8.38. The number of carbonyl (C=O) groups is 2. The number of hydrogen-bond acceptors (Lipinski definition) is 6. The predicted octanol–water partition coefficient (Wildman–Crippen LogP) is 3.21. The summed E-state index contributed by atoms with van der Waals surface area (Å²) in [5.74, 6) is 0.132. The molecule has 0 spiro atoms. The lowest BCUT2D eigenvalue weighted by molar-refractivity contribution is -0.133. The van der Waals surface area contributed by atoms with Gasteiger partial charge in [-0.15, -0.1) is 0 Å². The van der Waals surface area contributed by atoms with Crippen LogP contribution in [0.25, 0.3) is 0 Å². The molecular weight excluding hydrogens is 471 g/mol. The zero-order chi connectivity index (χ0) is 24.8. The third-order valence-electron chi connectivity index (χ3n) is 6.04. The van der Waals surface area contributed by atoms with E-state index in [0.29, 0.717) is 61.4 Å². The third-order valence-corrected chi connectivity index (χ3v) is 6.48. The van der Waals surface area contributed by atoms with Crippen LogP contribution in [-0.2, 0) is 9.53 Å². The predicted molar refractivity (Wildman–Crippen MR) is 136 cm³/mol. The summed E-state index contributed by atoms with van der Waals surface area (Å²) < 4.78 is 25.9. The summed E-state index contributed by atoms with van der Waals surface area (Å²) >= 11 is 5.14. The summed E-state index contributed by atoms with van der Waals surface area (Å²) in [6.07, 6.45) is -0.140. The van der Waals surface area contributed by atoms with Gasteiger partial charge < -0.3 is 24.6 Å². The Balaban J connectivity index is 1.29. The minimum Gasteiger partial charge on any atom is -0.484 e. The highest BCUT2D eigenvalue weighted by Crippen LogP contribution is 2.28. The van der Waals surface area contributed by atoms with Crippen molar-refractivity contribution in [2.24, 2.45) is 0 Å². The van der Waals surface area contributed by atoms with Gasteiger partial charge in [-0.2, -0.15) is 0 Å². The van der Waals surface area contributed by atoms with Gasteiger partial charge in [0, 0.05) is 26.2 Å². The molecule has 35 heavy (non-hydrogen) atoms. The van der Waals surface area contributed by atoms with E-state index < -0.39 is 11.9 Å². The second-order valence-corrected chi connectivity index (χ2v) is 8.87. The maximum atomic E-state index is 15.0. The van der Waals surface area contributed by atoms with Gasteiger partial charge in [-0.05, 0) is 36.8 Å². The fourth-order valence-electron chi connectivity index (χ4n) is 4.06. The number of anilines is 2. The van der Waals surface area contributed by atoms with Crippen LogP contribution >= 0.6 is 12.2 Å². The zero-order valence-corrected chi connectivity index (χ0v) is 20.4. The van der Waals surface area contributed by atoms with E-state index in [1.807, 2.05) is 30.0 Å². The maximum Gasteiger partial charge on any atom is 0.414 e. The van der Waals surface area contributed by atoms with Gasteiger partial charge in [-0.3, -0.25) is 9.69 Å². The molecule has 2 fully saturated rings. The molecule has 2 heterocycles. The molecular formula is C25H29FN4O4S. The number of nitrogens with one attached hydrogen (secondary N) is 1. The van der Waals surface area contributed by atoms with Gasteiger partial charge in [0.25, 0.3) is 5.91 Å². The summed E-state index contributed by atoms with van der Waals surface area (Å²) in [5.41, 5.74) is 0.893. The standard InChI is InChI=1S/C25H29FN4O4S/c1-2-23(35)27-15-20-16-30(25(32)34-20)18-8-9-22(21(26)14-18)28-10-12-29(13-11-28)24(31)17-33-19-6-4-3-5-7-19/h3-9,14,20H,2,10-13,15-17H2,1H3,(H,27,35)/t20-/m0/s1. The zero-order valence-electron chi connectivity index (χ0n) is 19.6. The molecule has 8 nitrogen and oxygen atoms in total. The lowest BCUT2D eigenvalue weighted by Gasteiger charge is -2.36. The van der Waals surface area contributed by atoms with Crippen molar-refractivity contribution in [3.63, 3.8) is 0 Å². The molecule has 2 aromatic rings. The number of hydrogen-bond donors (Lipinski definition) is 1. The molecule has 0 radical (unpaired) electrons. The van der Waals surface area contributed by atoms with E-state index in [2.05, 4.69) is 5.32 Å². The normalized spacial score (nSPS) is 17.8. The summed E-state index contributed by atoms with van der Waals surface area (Å²) in [4.78, 5) is 30.6. The molecule has 0 aromatic heterocycles. The van der Waals surface area contributed by atoms with Crippen LogP contribution < -0.4 is 19.9 Å². The number of carbonyl (C=O) groups excluding carboxylic acids is 2. The molecule has 4 rings (SSSR count). The van der Waals surface area contributed by atoms with Crippen LogP contribution in [0.2, 0.25) is 0 Å². The van der Waals surface area contributed by atoms with Crippen LogP contribution in [0.1, 0.15) is 13.3 Å². The molecule has 10 heteroatoms. The van der Waals surface area contributed by atoms with Gasteiger partial charge in [0.15, 0.2) is 6.61 Å². The first-order chi connectivity index (χ1) is 16.9. The average molecular weight is 501 g/mol. The van der Waals surface area contributed by atoms with Crippen molar-refractivity contribution in [1.82, 2.24) is 10.2 Å². The van der Waals surface area contributed by atoms with Gasteiger partial charge >= 0.3 is 6.09 Å². The summed E-state index contributed by atoms with van der Waals surface area (Å²) in [6, 6.07) is 13.9. The van der Waals surface area contributed by atoms with Crippen molar-refractivity contribution >= 4 is 40.6 Å². The highest BCUT2D eigenvalue weighted by atomic mass is 32.1. The largest absolute Gasteiger partial charge is 0.484 e. The Kier molecular flexibility index (Phi) is 8.02. The minimum atomic E-state index is -0.504. The molecule has 0 aliphatic carbocycles. The number of nitrogens with zero attached hydrogens (tertiary/aromatic N) is 3. The number of rotatable bonds is 8. The van der Waals surface area contributed by atoms with Crippen LogP contribution in [-0.4, -0.2) is 73.9 Å². The number of benzene rings is 2. The Bertz CT molecular complexity index is 1060. The molecule has 0 bridgehead atoms. The second kappa shape index (κ2) is 11.4. The van der Waals surface area contributed by atoms with E-state index in [-0.39, 0.29) is 18.6 Å². The van der Waals surface area contributed by atoms with Crippen molar-refractivity contribution < 1.29 is 23.5 Å². The summed E-state index contributed by atoms with van der Waals surface area (Å²) in [5, 5.41) is 3.07. The minimum absolute atomic E-state index is 0.0280. The number of thiocarbonyl (C=S) groups is 1. The average Bonchev–Trinajstić information content (AvgIpc) is 3.26. The smallest absolute Gasteiger partial charge is 0.414 e. The van der Waals surface area contributed by atoms with Crippen LogP contribution in [0.3, 0.4) is 0 Å². The molecule has 2 aromatic carbocycles. The van der Waals surface area contributed by atoms with Crippen molar-refractivity contribution in [1.29, 1.82) is 0 Å². The Morgan fingerprint density at radius 2 is 1.91 bits per heavy atom. The molecule has 0 saturated carbocycles. The van der Waals surface area contributed by atoms with E-state index in [1.54, 1.807) is 29.2 Å². The third kappa shape index (κ3) is 6.19. The molecule has 2 saturated heterocycles. The SMILES string of the molecule is CCC(=S)NC[C@H]1CN(c2ccc(N3CCN(C(=O)COc4ccccc4)CC3)c(F)c2)C(=O)O1. The van der Waals surface area contributed by atoms with Gasteiger partial charge in [-0.25, -0.2) is 9.18 Å². The van der Waals surface area contributed by atoms with E-state index in [0.717, 1.165) is 6.42 Å². The molecule has 1 N–H and O–H groups in total. The molecule has 1 atom stereocenters. The molecule has 0 unspecified atom stereocenters. The fourth-order valence-corrected chi connectivity index (χ4v) is 4.14. The van der Waals surface area contributed by atoms with Crippen molar-refractivity contribution in [3.05, 3.63) is 54.3 Å². The number of para-hydroxylation sites is 1. The number of piperazine rings is 1. The Hall–Kier alpha value is -3.40. The fraction of sp³-hybridized carbons (Fsp3) is 0.400. The van der Waals surface area contributed by atoms with E-state index in [9.17, 15) is 9.59 Å². The number of ether oxygens (including phenoxy) is 2. The molecule has 2 aliphatic heterocycles. The summed E-state index contributed by atoms with van der Waals surface area (Å²) in [7, 11) is 0. The Labute approximate surface area is 209 Å². The monoisotopic (exact) mass is 500 g/mol. The van der Waals surface area contributed by atoms with Gasteiger partial charge in [-0.1, -0.05) is 37.3 Å². The van der Waals surface area contributed by atoms with Crippen LogP contribution in [0, 0.1) is 5.82 Å². The van der Waals surface area contributed by atoms with Crippen LogP contribution in [0.5, 0.6) is 5.75 Å². The Morgan fingerprint density at radius 1 is 1.17 bits per heavy atom. The highest BCUT2D eigenvalue weighted by molar-refractivity contribution is 7.80. The number of cyclic esters (lactones) is 1. The topological polar surface area (TPSA) is 74.4 Å². The van der Waals surface area contributed by atoms with E-state index in [4.69, 9.17) is 21.7 Å². The quantitative estimate of drug-likeness (QED) is 0.558. The first kappa shape index (κ1) is 24.7. The summed E-state index contributed by atoms with van der Waals surface area (Å²) in [6.45, 7) is 4.63. The lowest BCUT2D eigenvalue weighted by Crippen LogP contribution is -2.50. The van der Waals surface area contributed by atoms with Crippen molar-refractivity contribution in [2.45, 2.75) is 19.4 Å². The lowest BCUT2D eigenvalue weighted by atomic mass is 10.2. The van der Waals surface area contributed by atoms with E-state index in [1.165, 1.54) is 11.0 Å². The van der Waals surface area contributed by atoms with Gasteiger partial charge in [0.1, 0.15) is 17.7 Å². The molecule has 2 aliphatic rings.